The number of fused-ring (bicyclic) bond motifs is 3. The first kappa shape index (κ1) is 75.1. The summed E-state index contributed by atoms with van der Waals surface area (Å²) in [6.07, 6.45) is 4.37. The van der Waals surface area contributed by atoms with Crippen LogP contribution in [0.3, 0.4) is 0 Å². The van der Waals surface area contributed by atoms with Crippen molar-refractivity contribution >= 4 is 82.2 Å². The molecule has 9 rings (SSSR count). The molecule has 7 aromatic rings. The molecule has 2 fully saturated rings. The first-order valence-corrected chi connectivity index (χ1v) is 32.0. The van der Waals surface area contributed by atoms with Gasteiger partial charge in [0, 0.05) is 93.0 Å². The molecule has 4 aromatic carbocycles. The number of carbonyl (C=O) groups is 1. The van der Waals surface area contributed by atoms with Crippen LogP contribution in [0.2, 0.25) is 5.15 Å². The third kappa shape index (κ3) is 22.2. The molecular weight excluding hydrogens is 1240 g/mol. The minimum absolute atomic E-state index is 0.159. The second-order valence-electron chi connectivity index (χ2n) is 19.7. The van der Waals surface area contributed by atoms with Gasteiger partial charge in [-0.3, -0.25) is 4.79 Å². The molecule has 29 nitrogen and oxygen atoms in total. The Kier molecular flexibility index (Phi) is 30.1. The van der Waals surface area contributed by atoms with E-state index in [0.29, 0.717) is 111 Å². The Hall–Kier alpha value is -8.35. The number of aromatic nitrogens is 6. The quantitative estimate of drug-likeness (QED) is 0.0262. The van der Waals surface area contributed by atoms with Gasteiger partial charge in [-0.25, -0.2) is 49.4 Å². The number of aryl methyl sites for hydroxylation is 3. The minimum atomic E-state index is -3.63. The number of methoxy groups -OCH3 is 9. The minimum Gasteiger partial charge on any atom is -0.493 e. The zero-order chi connectivity index (χ0) is 67.6. The SMILES string of the molecule is CCC#N.CCc1nc(Cl)c2cc(OC)c(OC)cc2n1.CCc1nc(N2CC(CCNS(N)(=O)=O)C2)c2cc(OC)c(OC)cc2n1.CCc1nc2cc(OC)c(OC)cc2c(=O)[nH]1.COC(=O)c1cc(OC)c(OC)cc1N.NS(=O)(=O)NCCC1CNC1. The van der Waals surface area contributed by atoms with E-state index in [9.17, 15) is 26.4 Å². The first-order chi connectivity index (χ1) is 43.3. The number of nitrogens with one attached hydrogen (secondary N) is 4. The number of carbonyl (C=O) groups excluding carboxylic acids is 1. The van der Waals surface area contributed by atoms with Crippen molar-refractivity contribution in [2.75, 3.05) is 114 Å². The Morgan fingerprint density at radius 2 is 1.01 bits per heavy atom. The molecule has 0 aliphatic carbocycles. The maximum absolute atomic E-state index is 11.8. The van der Waals surface area contributed by atoms with Gasteiger partial charge in [-0.05, 0) is 56.0 Å². The zero-order valence-corrected chi connectivity index (χ0v) is 55.8. The van der Waals surface area contributed by atoms with E-state index in [-0.39, 0.29) is 11.1 Å². The lowest BCUT2D eigenvalue weighted by atomic mass is 9.96. The van der Waals surface area contributed by atoms with E-state index < -0.39 is 26.4 Å². The van der Waals surface area contributed by atoms with Crippen LogP contribution in [0.4, 0.5) is 11.5 Å². The van der Waals surface area contributed by atoms with Crippen LogP contribution >= 0.6 is 11.6 Å². The summed E-state index contributed by atoms with van der Waals surface area (Å²) in [7, 11) is 6.62. The molecule has 0 atom stereocenters. The van der Waals surface area contributed by atoms with Crippen molar-refractivity contribution < 1.29 is 64.3 Å². The first-order valence-electron chi connectivity index (χ1n) is 28.5. The maximum Gasteiger partial charge on any atom is 0.340 e. The second kappa shape index (κ2) is 36.5. The Morgan fingerprint density at radius 1 is 0.604 bits per heavy atom. The fraction of sp³-hybridized carbons (Fsp3) is 0.458. The number of ether oxygens (including phenoxy) is 9. The molecule has 2 saturated heterocycles. The van der Waals surface area contributed by atoms with Crippen LogP contribution in [-0.4, -0.2) is 156 Å². The van der Waals surface area contributed by atoms with Gasteiger partial charge in [0.15, 0.2) is 46.0 Å². The third-order valence-electron chi connectivity index (χ3n) is 13.6. The molecule has 10 N–H and O–H groups in total. The number of rotatable bonds is 21. The highest BCUT2D eigenvalue weighted by atomic mass is 35.5. The van der Waals surface area contributed by atoms with Crippen molar-refractivity contribution in [3.8, 4) is 52.1 Å². The molecule has 0 bridgehead atoms. The number of hydrogen-bond donors (Lipinski definition) is 7. The number of H-pyrrole nitrogens is 1. The van der Waals surface area contributed by atoms with Crippen molar-refractivity contribution in [1.29, 1.82) is 5.26 Å². The van der Waals surface area contributed by atoms with Gasteiger partial charge in [0.25, 0.3) is 26.0 Å². The van der Waals surface area contributed by atoms with Crippen molar-refractivity contribution in [3.63, 3.8) is 0 Å². The zero-order valence-electron chi connectivity index (χ0n) is 53.4. The van der Waals surface area contributed by atoms with Crippen LogP contribution in [0.5, 0.6) is 46.0 Å². The molecule has 0 amide bonds. The average Bonchev–Trinajstić information content (AvgIpc) is 0.823. The summed E-state index contributed by atoms with van der Waals surface area (Å²) in [5, 5.41) is 23.0. The van der Waals surface area contributed by atoms with E-state index in [1.54, 1.807) is 59.8 Å². The summed E-state index contributed by atoms with van der Waals surface area (Å²) >= 11 is 6.12. The molecule has 3 aromatic heterocycles. The molecule has 0 unspecified atom stereocenters. The maximum atomic E-state index is 11.8. The van der Waals surface area contributed by atoms with Gasteiger partial charge in [-0.15, -0.1) is 0 Å². The number of nitrogens with two attached hydrogens (primary N) is 3. The van der Waals surface area contributed by atoms with E-state index in [0.717, 1.165) is 91.1 Å². The van der Waals surface area contributed by atoms with Crippen LogP contribution in [0.15, 0.2) is 53.3 Å². The predicted molar refractivity (Wildman–Crippen MR) is 349 cm³/mol. The molecule has 0 saturated carbocycles. The van der Waals surface area contributed by atoms with Gasteiger partial charge >= 0.3 is 5.97 Å². The lowest BCUT2D eigenvalue weighted by molar-refractivity contribution is 0.0601. The van der Waals surface area contributed by atoms with Gasteiger partial charge in [0.05, 0.1) is 103 Å². The third-order valence-corrected chi connectivity index (χ3v) is 15.1. The lowest BCUT2D eigenvalue weighted by Gasteiger charge is -2.41. The van der Waals surface area contributed by atoms with Gasteiger partial charge in [-0.2, -0.15) is 22.1 Å². The van der Waals surface area contributed by atoms with Crippen LogP contribution in [0.1, 0.15) is 74.8 Å². The molecule has 2 aliphatic heterocycles. The van der Waals surface area contributed by atoms with Crippen LogP contribution < -0.4 is 79.1 Å². The standard InChI is InChI=1S/C17H25N5O4S.C12H13ClN2O2.C12H14N2O3.C10H13NO4.C5H13N3O2S.C3H5N/c1-4-16-20-13-8-15(26-3)14(25-2)7-12(13)17(21-16)22-9-11(10-22)5-6-19-27(18,23)24;1-4-11-14-8-6-10(17-3)9(16-2)5-7(8)12(13)15-11;1-4-11-13-8-6-10(17-3)9(16-2)5-7(8)12(15)14-11;1-13-8-4-6(10(12)15-3)7(11)5-9(8)14-2;6-11(9,10)8-2-1-5-3-7-4-5;1-2-3-4/h7-8,11,19H,4-6,9-10H2,1-3H3,(H2,18,23,24);5-6H,4H2,1-3H3;5-6H,4H2,1-3H3,(H,13,14,15);4-5H,11H2,1-3H3;5,7-8H,1-4H2,(H2,6,9,10);2H2,1H3. The highest BCUT2D eigenvalue weighted by Crippen LogP contribution is 2.38. The largest absolute Gasteiger partial charge is 0.493 e. The van der Waals surface area contributed by atoms with E-state index in [1.165, 1.54) is 40.6 Å². The van der Waals surface area contributed by atoms with Gasteiger partial charge < -0.3 is 63.6 Å². The Balaban J connectivity index is 0.000000246. The summed E-state index contributed by atoms with van der Waals surface area (Å²) in [4.78, 5) is 50.3. The molecule has 0 spiro atoms. The number of hydrogen-bond acceptors (Lipinski definition) is 24. The molecule has 498 valence electrons. The number of halogens is 1. The number of anilines is 2. The van der Waals surface area contributed by atoms with Crippen molar-refractivity contribution in [2.45, 2.75) is 66.2 Å². The lowest BCUT2D eigenvalue weighted by Crippen LogP contribution is -2.48. The summed E-state index contributed by atoms with van der Waals surface area (Å²) < 4.78 is 93.4. The van der Waals surface area contributed by atoms with Gasteiger partial charge in [0.1, 0.15) is 28.4 Å². The van der Waals surface area contributed by atoms with Gasteiger partial charge in [0.2, 0.25) is 0 Å². The van der Waals surface area contributed by atoms with Crippen molar-refractivity contribution in [2.24, 2.45) is 22.1 Å². The van der Waals surface area contributed by atoms with Crippen molar-refractivity contribution in [3.05, 3.63) is 87.1 Å². The highest BCUT2D eigenvalue weighted by Gasteiger charge is 2.30. The van der Waals surface area contributed by atoms with E-state index in [4.69, 9.17) is 75.8 Å². The van der Waals surface area contributed by atoms with Crippen LogP contribution in [0.25, 0.3) is 32.7 Å². The number of nitrogens with zero attached hydrogens (tertiary/aromatic N) is 7. The number of esters is 1. The Morgan fingerprint density at radius 3 is 1.43 bits per heavy atom. The molecule has 0 radical (unpaired) electrons. The van der Waals surface area contributed by atoms with Crippen LogP contribution in [0, 0.1) is 23.2 Å². The van der Waals surface area contributed by atoms with E-state index in [1.807, 2.05) is 45.9 Å². The number of benzene rings is 4. The number of nitriles is 1. The Labute approximate surface area is 535 Å². The number of aromatic amines is 1. The molecule has 5 heterocycles. The smallest absolute Gasteiger partial charge is 0.340 e. The topological polar surface area (TPSA) is 407 Å². The number of nitrogen functional groups attached to an aromatic ring is 1. The highest BCUT2D eigenvalue weighted by molar-refractivity contribution is 7.87. The Bertz CT molecular complexity index is 3890. The summed E-state index contributed by atoms with van der Waals surface area (Å²) in [5.74, 6) is 8.04. The predicted octanol–water partition coefficient (Wildman–Crippen LogP) is 5.58. The van der Waals surface area contributed by atoms with Crippen molar-refractivity contribution in [1.82, 2.24) is 44.7 Å². The molecule has 2 aliphatic rings. The molecule has 91 heavy (non-hydrogen) atoms. The fourth-order valence-corrected chi connectivity index (χ4v) is 9.71. The monoisotopic (exact) mass is 1330 g/mol. The summed E-state index contributed by atoms with van der Waals surface area (Å²) in [5.41, 5.74) is 8.24. The second-order valence-corrected chi connectivity index (χ2v) is 22.8. The average molecular weight is 1330 g/mol. The fourth-order valence-electron chi connectivity index (χ4n) is 8.66. The summed E-state index contributed by atoms with van der Waals surface area (Å²) in [6, 6.07) is 15.6. The van der Waals surface area contributed by atoms with E-state index in [2.05, 4.69) is 49.3 Å². The normalized spacial score (nSPS) is 12.6. The molecule has 32 heteroatoms. The summed E-state index contributed by atoms with van der Waals surface area (Å²) in [6.45, 7) is 12.1. The van der Waals surface area contributed by atoms with Gasteiger partial charge in [-0.1, -0.05) is 39.3 Å². The van der Waals surface area contributed by atoms with E-state index >= 15 is 0 Å². The molecular formula is C59H83ClN14O15S2. The van der Waals surface area contributed by atoms with Crippen LogP contribution in [-0.2, 0) is 44.4 Å².